The van der Waals surface area contributed by atoms with E-state index in [9.17, 15) is 4.39 Å². The molecule has 4 aromatic rings. The molecule has 0 amide bonds. The maximum atomic E-state index is 12.8. The number of hydrogen-bond donors (Lipinski definition) is 0. The number of halogens is 1. The fraction of sp³-hybridized carbons (Fsp3) is 0.0769. The van der Waals surface area contributed by atoms with Crippen LogP contribution in [0.3, 0.4) is 0 Å². The lowest BCUT2D eigenvalue weighted by molar-refractivity contribution is 0.400. The zero-order chi connectivity index (χ0) is 14.4. The quantitative estimate of drug-likeness (QED) is 0.569. The van der Waals surface area contributed by atoms with Crippen LogP contribution in [0.25, 0.3) is 26.7 Å². The summed E-state index contributed by atoms with van der Waals surface area (Å²) in [6, 6.07) is 3.72. The first-order chi connectivity index (χ1) is 10.2. The van der Waals surface area contributed by atoms with Crippen LogP contribution in [0.4, 0.5) is 4.39 Å². The Hall–Kier alpha value is -2.61. The molecule has 104 valence electrons. The standard InChI is InChI=1S/C13H8FN5OS/c1-20-11-3-2-9-12(18-11)21-13-17-8(6-19(9)13)7-4-16-10(14)5-15-7/h2-6H,1H3/i14-1. The molecule has 6 nitrogen and oxygen atoms in total. The monoisotopic (exact) mass is 300 g/mol. The van der Waals surface area contributed by atoms with Crippen molar-refractivity contribution >= 4 is 26.6 Å². The summed E-state index contributed by atoms with van der Waals surface area (Å²) in [5, 5.41) is 0. The van der Waals surface area contributed by atoms with Gasteiger partial charge in [-0.25, -0.2) is 19.9 Å². The third-order valence-corrected chi connectivity index (χ3v) is 3.99. The third kappa shape index (κ3) is 1.91. The number of methoxy groups -OCH3 is 1. The number of rotatable bonds is 2. The van der Waals surface area contributed by atoms with Gasteiger partial charge in [-0.05, 0) is 6.07 Å². The van der Waals surface area contributed by atoms with Crippen molar-refractivity contribution in [1.82, 2.24) is 24.3 Å². The summed E-state index contributed by atoms with van der Waals surface area (Å²) in [6.07, 6.45) is 4.28. The van der Waals surface area contributed by atoms with Gasteiger partial charge >= 0.3 is 0 Å². The van der Waals surface area contributed by atoms with Crippen LogP contribution < -0.4 is 4.74 Å². The molecule has 8 heteroatoms. The molecule has 0 atom stereocenters. The molecule has 4 rings (SSSR count). The second-order valence-electron chi connectivity index (χ2n) is 4.28. The number of fused-ring (bicyclic) bond motifs is 3. The van der Waals surface area contributed by atoms with Gasteiger partial charge in [-0.1, -0.05) is 11.3 Å². The number of thiazole rings is 1. The van der Waals surface area contributed by atoms with Gasteiger partial charge in [0.15, 0.2) is 4.96 Å². The predicted molar refractivity (Wildman–Crippen MR) is 75.9 cm³/mol. The topological polar surface area (TPSA) is 65.2 Å². The van der Waals surface area contributed by atoms with E-state index in [1.165, 1.54) is 17.5 Å². The van der Waals surface area contributed by atoms with E-state index >= 15 is 0 Å². The van der Waals surface area contributed by atoms with Gasteiger partial charge in [0.05, 0.1) is 25.0 Å². The first-order valence-electron chi connectivity index (χ1n) is 6.05. The molecule has 0 aliphatic rings. The molecule has 0 unspecified atom stereocenters. The van der Waals surface area contributed by atoms with Crippen LogP contribution in [-0.2, 0) is 0 Å². The number of imidazole rings is 1. The summed E-state index contributed by atoms with van der Waals surface area (Å²) in [5.74, 6) is -0.0434. The molecule has 0 bridgehead atoms. The van der Waals surface area contributed by atoms with E-state index in [1.54, 1.807) is 13.2 Å². The average Bonchev–Trinajstić information content (AvgIpc) is 3.04. The molecule has 4 heterocycles. The van der Waals surface area contributed by atoms with E-state index in [2.05, 4.69) is 19.9 Å². The van der Waals surface area contributed by atoms with Crippen LogP contribution in [0.5, 0.6) is 5.88 Å². The Bertz CT molecular complexity index is 946. The average molecular weight is 300 g/mol. The van der Waals surface area contributed by atoms with Crippen LogP contribution in [0.1, 0.15) is 0 Å². The van der Waals surface area contributed by atoms with E-state index in [-0.39, 0.29) is 0 Å². The number of ether oxygens (including phenoxy) is 1. The van der Waals surface area contributed by atoms with Crippen molar-refractivity contribution in [3.05, 3.63) is 36.7 Å². The Kier molecular flexibility index (Phi) is 2.58. The minimum atomic E-state index is -0.610. The summed E-state index contributed by atoms with van der Waals surface area (Å²) < 4.78 is 19.8. The minimum Gasteiger partial charge on any atom is -0.481 e. The molecule has 0 N–H and O–H groups in total. The molecule has 0 aromatic carbocycles. The van der Waals surface area contributed by atoms with Gasteiger partial charge in [-0.2, -0.15) is 4.39 Å². The molecule has 0 saturated heterocycles. The minimum absolute atomic E-state index is 0.530. The number of nitrogens with zero attached hydrogens (tertiary/aromatic N) is 5. The van der Waals surface area contributed by atoms with Gasteiger partial charge in [0.2, 0.25) is 11.8 Å². The van der Waals surface area contributed by atoms with Crippen molar-refractivity contribution < 1.29 is 9.13 Å². The van der Waals surface area contributed by atoms with Gasteiger partial charge in [0.1, 0.15) is 16.2 Å². The van der Waals surface area contributed by atoms with E-state index in [4.69, 9.17) is 4.74 Å². The SMILES string of the molecule is COc1ccc2c(n1)sc1nc(-c3cnc([18F])cn3)cn12. The molecule has 0 spiro atoms. The lowest BCUT2D eigenvalue weighted by Gasteiger charge is -1.97. The Morgan fingerprint density at radius 1 is 1.14 bits per heavy atom. The number of hydrogen-bond acceptors (Lipinski definition) is 6. The van der Waals surface area contributed by atoms with Crippen molar-refractivity contribution in [2.75, 3.05) is 7.11 Å². The zero-order valence-corrected chi connectivity index (χ0v) is 11.6. The highest BCUT2D eigenvalue weighted by molar-refractivity contribution is 7.23. The molecule has 0 fully saturated rings. The van der Waals surface area contributed by atoms with Crippen LogP contribution in [0.15, 0.2) is 30.7 Å². The van der Waals surface area contributed by atoms with Crippen molar-refractivity contribution in [1.29, 1.82) is 0 Å². The first kappa shape index (κ1) is 12.2. The molecule has 0 aliphatic heterocycles. The van der Waals surface area contributed by atoms with Gasteiger partial charge in [-0.15, -0.1) is 0 Å². The Morgan fingerprint density at radius 3 is 2.81 bits per heavy atom. The highest BCUT2D eigenvalue weighted by Gasteiger charge is 2.12. The molecule has 0 aliphatic carbocycles. The summed E-state index contributed by atoms with van der Waals surface area (Å²) in [5.41, 5.74) is 2.11. The normalized spacial score (nSPS) is 11.3. The van der Waals surface area contributed by atoms with Crippen LogP contribution in [-0.4, -0.2) is 31.4 Å². The summed E-state index contributed by atoms with van der Waals surface area (Å²) in [6.45, 7) is 0. The van der Waals surface area contributed by atoms with E-state index in [1.807, 2.05) is 16.7 Å². The Balaban J connectivity index is 1.88. The van der Waals surface area contributed by atoms with Crippen LogP contribution in [0.2, 0.25) is 0 Å². The zero-order valence-electron chi connectivity index (χ0n) is 10.8. The fourth-order valence-electron chi connectivity index (χ4n) is 2.05. The van der Waals surface area contributed by atoms with Gasteiger partial charge in [0.25, 0.3) is 0 Å². The highest BCUT2D eigenvalue weighted by Crippen LogP contribution is 2.28. The maximum absolute atomic E-state index is 12.8. The smallest absolute Gasteiger partial charge is 0.231 e. The fourth-order valence-corrected chi connectivity index (χ4v) is 3.02. The van der Waals surface area contributed by atoms with E-state index < -0.39 is 5.95 Å². The Labute approximate surface area is 121 Å². The van der Waals surface area contributed by atoms with Crippen molar-refractivity contribution in [2.24, 2.45) is 0 Å². The molecule has 0 radical (unpaired) electrons. The lowest BCUT2D eigenvalue weighted by atomic mass is 10.3. The molecule has 0 saturated carbocycles. The highest BCUT2D eigenvalue weighted by atomic mass is 32.1. The van der Waals surface area contributed by atoms with Gasteiger partial charge < -0.3 is 4.74 Å². The third-order valence-electron chi connectivity index (χ3n) is 3.03. The van der Waals surface area contributed by atoms with E-state index in [0.29, 0.717) is 17.3 Å². The second-order valence-corrected chi connectivity index (χ2v) is 5.24. The van der Waals surface area contributed by atoms with Crippen molar-refractivity contribution in [3.63, 3.8) is 0 Å². The molecule has 21 heavy (non-hydrogen) atoms. The summed E-state index contributed by atoms with van der Waals surface area (Å²) in [4.78, 5) is 18.1. The Morgan fingerprint density at radius 2 is 2.05 bits per heavy atom. The maximum Gasteiger partial charge on any atom is 0.231 e. The predicted octanol–water partition coefficient (Wildman–Crippen LogP) is 2.55. The number of pyridine rings is 1. The molecular weight excluding hydrogens is 292 g/mol. The van der Waals surface area contributed by atoms with Gasteiger partial charge in [0, 0.05) is 12.3 Å². The molecule has 4 aromatic heterocycles. The first-order valence-corrected chi connectivity index (χ1v) is 6.87. The van der Waals surface area contributed by atoms with Crippen molar-refractivity contribution in [2.45, 2.75) is 0 Å². The summed E-state index contributed by atoms with van der Waals surface area (Å²) in [7, 11) is 1.58. The number of aromatic nitrogens is 5. The van der Waals surface area contributed by atoms with Crippen LogP contribution >= 0.6 is 11.3 Å². The van der Waals surface area contributed by atoms with Crippen molar-refractivity contribution in [3.8, 4) is 17.3 Å². The lowest BCUT2D eigenvalue weighted by Crippen LogP contribution is -1.89. The van der Waals surface area contributed by atoms with Gasteiger partial charge in [-0.3, -0.25) is 4.40 Å². The second kappa shape index (κ2) is 4.45. The largest absolute Gasteiger partial charge is 0.481 e. The van der Waals surface area contributed by atoms with Crippen LogP contribution in [0, 0.1) is 5.95 Å². The van der Waals surface area contributed by atoms with E-state index in [0.717, 1.165) is 21.5 Å². The summed E-state index contributed by atoms with van der Waals surface area (Å²) >= 11 is 1.45. The molecular formula is C13H8FN5OS.